The third-order valence-corrected chi connectivity index (χ3v) is 0.680. The molecule has 43 valence electrons. The van der Waals surface area contributed by atoms with E-state index in [0.29, 0.717) is 12.3 Å². The number of hydrogen-bond acceptors (Lipinski definition) is 1. The van der Waals surface area contributed by atoms with E-state index in [2.05, 4.69) is 0 Å². The molecule has 0 aromatic heterocycles. The molecule has 0 heterocycles. The van der Waals surface area contributed by atoms with Gasteiger partial charge in [-0.3, -0.25) is 6.29 Å². The predicted octanol–water partition coefficient (Wildman–Crippen LogP) is 1.11. The number of alkyl halides is 1. The van der Waals surface area contributed by atoms with Crippen LogP contribution in [0, 0.1) is 0 Å². The van der Waals surface area contributed by atoms with E-state index in [1.165, 1.54) is 0 Å². The number of hydrogen-bond donors (Lipinski definition) is 0. The predicted molar refractivity (Wildman–Crippen MR) is 25.6 cm³/mol. The van der Waals surface area contributed by atoms with Crippen molar-refractivity contribution in [2.24, 2.45) is 0 Å². The smallest absolute Gasteiger partial charge is 0.542 e. The maximum atomic E-state index is 9.38. The fraction of sp³-hybridized carbons (Fsp3) is 0.750. The summed E-state index contributed by atoms with van der Waals surface area (Å²) < 4.78 is 0. The van der Waals surface area contributed by atoms with Gasteiger partial charge in [-0.05, 0) is 0 Å². The van der Waals surface area contributed by atoms with Crippen molar-refractivity contribution in [3.8, 4) is 0 Å². The Kier molecular flexibility index (Phi) is 14.5. The Bertz CT molecular complexity index is 40.7. The maximum Gasteiger partial charge on any atom is 2.00 e. The first-order valence-corrected chi connectivity index (χ1v) is 2.36. The van der Waals surface area contributed by atoms with E-state index < -0.39 is 0 Å². The Morgan fingerprint density at radius 3 is 2.29 bits per heavy atom. The molecule has 0 spiro atoms. The van der Waals surface area contributed by atoms with Gasteiger partial charge in [0.25, 0.3) is 0 Å². The number of rotatable bonds is 3. The van der Waals surface area contributed by atoms with Gasteiger partial charge in [-0.1, -0.05) is 6.42 Å². The molecule has 0 aliphatic carbocycles. The zero-order chi connectivity index (χ0) is 4.83. The van der Waals surface area contributed by atoms with Crippen molar-refractivity contribution in [1.29, 1.82) is 0 Å². The molecular formula is C4H6ClCoO+. The Balaban J connectivity index is 0. The van der Waals surface area contributed by atoms with Crippen LogP contribution in [0.15, 0.2) is 0 Å². The van der Waals surface area contributed by atoms with Crippen LogP contribution < -0.4 is 0 Å². The number of unbranched alkanes of at least 4 members (excludes halogenated alkanes) is 1. The van der Waals surface area contributed by atoms with Crippen LogP contribution in [0.2, 0.25) is 0 Å². The largest absolute Gasteiger partial charge is 2.00 e. The standard InChI is InChI=1S/C4H6ClO.Co/c5-3-1-2-4-6;/h1-3H2;/q-1;+2. The number of carbonyl (C=O) groups excluding carboxylic acids is 1. The van der Waals surface area contributed by atoms with Crippen LogP contribution in [0.25, 0.3) is 0 Å². The molecule has 0 atom stereocenters. The van der Waals surface area contributed by atoms with Gasteiger partial charge in [0.05, 0.1) is 0 Å². The minimum Gasteiger partial charge on any atom is -0.542 e. The van der Waals surface area contributed by atoms with Crippen LogP contribution in [0.5, 0.6) is 0 Å². The van der Waals surface area contributed by atoms with Crippen LogP contribution >= 0.6 is 11.6 Å². The minimum atomic E-state index is 0. The molecule has 0 unspecified atom stereocenters. The molecule has 0 saturated carbocycles. The maximum absolute atomic E-state index is 9.38. The molecule has 0 aliphatic heterocycles. The van der Waals surface area contributed by atoms with E-state index >= 15 is 0 Å². The molecule has 0 aromatic carbocycles. The van der Waals surface area contributed by atoms with Crippen molar-refractivity contribution in [2.45, 2.75) is 12.8 Å². The summed E-state index contributed by atoms with van der Waals surface area (Å²) in [4.78, 5) is 9.38. The van der Waals surface area contributed by atoms with Crippen LogP contribution in [0.4, 0.5) is 0 Å². The van der Waals surface area contributed by atoms with Gasteiger partial charge in [-0.15, -0.1) is 11.6 Å². The van der Waals surface area contributed by atoms with Crippen molar-refractivity contribution in [3.63, 3.8) is 0 Å². The van der Waals surface area contributed by atoms with E-state index in [-0.39, 0.29) is 16.8 Å². The van der Waals surface area contributed by atoms with Crippen molar-refractivity contribution >= 4 is 17.9 Å². The molecule has 7 heavy (non-hydrogen) atoms. The fourth-order valence-electron chi connectivity index (χ4n) is 0.139. The van der Waals surface area contributed by atoms with Gasteiger partial charge in [-0.25, -0.2) is 0 Å². The fourth-order valence-corrected chi connectivity index (χ4v) is 0.273. The molecular weight excluding hydrogens is 158 g/mol. The molecule has 0 rings (SSSR count). The van der Waals surface area contributed by atoms with Crippen molar-refractivity contribution in [2.75, 3.05) is 5.88 Å². The van der Waals surface area contributed by atoms with Crippen LogP contribution in [-0.2, 0) is 21.6 Å². The van der Waals surface area contributed by atoms with Crippen molar-refractivity contribution in [1.82, 2.24) is 0 Å². The van der Waals surface area contributed by atoms with Crippen molar-refractivity contribution in [3.05, 3.63) is 0 Å². The molecule has 1 radical (unpaired) electrons. The first-order chi connectivity index (χ1) is 2.91. The topological polar surface area (TPSA) is 17.1 Å². The Labute approximate surface area is 58.6 Å². The molecule has 3 heteroatoms. The molecule has 0 saturated heterocycles. The summed E-state index contributed by atoms with van der Waals surface area (Å²) in [7, 11) is 0. The third-order valence-electron chi connectivity index (χ3n) is 0.412. The normalized spacial score (nSPS) is 7.00. The first kappa shape index (κ1) is 10.4. The molecule has 0 amide bonds. The third kappa shape index (κ3) is 10.7. The van der Waals surface area contributed by atoms with E-state index in [4.69, 9.17) is 11.6 Å². The van der Waals surface area contributed by atoms with Gasteiger partial charge in [0.1, 0.15) is 0 Å². The van der Waals surface area contributed by atoms with Crippen LogP contribution in [0.1, 0.15) is 12.8 Å². The number of halogens is 1. The second-order valence-corrected chi connectivity index (χ2v) is 1.31. The monoisotopic (exact) mass is 164 g/mol. The second-order valence-electron chi connectivity index (χ2n) is 0.937. The quantitative estimate of drug-likeness (QED) is 0.347. The zero-order valence-corrected chi connectivity index (χ0v) is 5.54. The summed E-state index contributed by atoms with van der Waals surface area (Å²) in [5, 5.41) is 0. The average molecular weight is 164 g/mol. The van der Waals surface area contributed by atoms with Gasteiger partial charge >= 0.3 is 16.8 Å². The Hall–Kier alpha value is 0.466. The van der Waals surface area contributed by atoms with Crippen LogP contribution in [-0.4, -0.2) is 12.2 Å². The minimum absolute atomic E-state index is 0. The SMILES string of the molecule is O=[C-]CCCCl.[Co+2]. The van der Waals surface area contributed by atoms with Gasteiger partial charge in [-0.2, -0.15) is 6.42 Å². The molecule has 0 aromatic rings. The van der Waals surface area contributed by atoms with Gasteiger partial charge in [0, 0.05) is 5.88 Å². The van der Waals surface area contributed by atoms with E-state index in [1.807, 2.05) is 0 Å². The van der Waals surface area contributed by atoms with E-state index in [1.54, 1.807) is 6.29 Å². The van der Waals surface area contributed by atoms with E-state index in [0.717, 1.165) is 6.42 Å². The van der Waals surface area contributed by atoms with Gasteiger partial charge in [0.15, 0.2) is 0 Å². The van der Waals surface area contributed by atoms with E-state index in [9.17, 15) is 4.79 Å². The summed E-state index contributed by atoms with van der Waals surface area (Å²) >= 11 is 5.20. The van der Waals surface area contributed by atoms with Gasteiger partial charge in [0.2, 0.25) is 0 Å². The second kappa shape index (κ2) is 9.69. The van der Waals surface area contributed by atoms with Gasteiger partial charge < -0.3 is 4.79 Å². The molecule has 0 bridgehead atoms. The molecule has 0 N–H and O–H groups in total. The average Bonchev–Trinajstić information content (AvgIpc) is 1.61. The molecule has 0 aliphatic rings. The summed E-state index contributed by atoms with van der Waals surface area (Å²) in [6.45, 7) is 0. The Morgan fingerprint density at radius 2 is 2.14 bits per heavy atom. The summed E-state index contributed by atoms with van der Waals surface area (Å²) in [5.41, 5.74) is 0. The summed E-state index contributed by atoms with van der Waals surface area (Å²) in [6, 6.07) is 0. The molecule has 1 nitrogen and oxygen atoms in total. The summed E-state index contributed by atoms with van der Waals surface area (Å²) in [6.07, 6.45) is 2.96. The van der Waals surface area contributed by atoms with Crippen molar-refractivity contribution < 1.29 is 21.6 Å². The van der Waals surface area contributed by atoms with Crippen LogP contribution in [0.3, 0.4) is 0 Å². The molecule has 0 fully saturated rings. The first-order valence-electron chi connectivity index (χ1n) is 1.82. The Morgan fingerprint density at radius 1 is 1.57 bits per heavy atom. The summed E-state index contributed by atoms with van der Waals surface area (Å²) in [5.74, 6) is 0.565. The zero-order valence-electron chi connectivity index (χ0n) is 3.74.